The van der Waals surface area contributed by atoms with Gasteiger partial charge in [0.2, 0.25) is 0 Å². The number of hydrogen-bond acceptors (Lipinski definition) is 7. The zero-order chi connectivity index (χ0) is 19.9. The van der Waals surface area contributed by atoms with Gasteiger partial charge >= 0.3 is 5.97 Å². The third kappa shape index (κ3) is 4.42. The third-order valence-corrected chi connectivity index (χ3v) is 3.81. The Bertz CT molecular complexity index is 990. The van der Waals surface area contributed by atoms with Gasteiger partial charge in [0, 0.05) is 5.69 Å². The summed E-state index contributed by atoms with van der Waals surface area (Å²) < 4.78 is 9.91. The Morgan fingerprint density at radius 2 is 1.75 bits per heavy atom. The molecule has 0 aliphatic carbocycles. The summed E-state index contributed by atoms with van der Waals surface area (Å²) in [7, 11) is 2.85. The van der Waals surface area contributed by atoms with Crippen molar-refractivity contribution < 1.29 is 19.1 Å². The molecule has 3 aromatic rings. The van der Waals surface area contributed by atoms with Gasteiger partial charge in [-0.05, 0) is 42.5 Å². The third-order valence-electron chi connectivity index (χ3n) is 3.81. The Kier molecular flexibility index (Phi) is 5.81. The molecule has 0 unspecified atom stereocenters. The quantitative estimate of drug-likeness (QED) is 0.635. The van der Waals surface area contributed by atoms with Gasteiger partial charge in [-0.1, -0.05) is 18.2 Å². The number of carbonyl (C=O) groups excluding carboxylic acids is 2. The summed E-state index contributed by atoms with van der Waals surface area (Å²) in [4.78, 5) is 24.0. The van der Waals surface area contributed by atoms with Gasteiger partial charge in [-0.3, -0.25) is 4.79 Å². The Balaban J connectivity index is 1.70. The zero-order valence-corrected chi connectivity index (χ0v) is 15.3. The molecule has 142 valence electrons. The summed E-state index contributed by atoms with van der Waals surface area (Å²) >= 11 is 0. The molecule has 28 heavy (non-hydrogen) atoms. The van der Waals surface area contributed by atoms with E-state index < -0.39 is 11.9 Å². The molecule has 2 N–H and O–H groups in total. The normalized spacial score (nSPS) is 10.1. The molecule has 8 nitrogen and oxygen atoms in total. The molecule has 0 radical (unpaired) electrons. The first kappa shape index (κ1) is 18.8. The van der Waals surface area contributed by atoms with E-state index in [2.05, 4.69) is 20.8 Å². The molecule has 1 heterocycles. The predicted molar refractivity (Wildman–Crippen MR) is 104 cm³/mol. The van der Waals surface area contributed by atoms with Crippen molar-refractivity contribution in [2.45, 2.75) is 0 Å². The standard InChI is InChI=1S/C20H18N4O4/c1-27-17-9-4-3-8-15(17)22-19(25)16-10-11-18(24-23-16)21-14-7-5-6-13(12-14)20(26)28-2/h3-12H,1-2H3,(H,21,24)(H,22,25). The second-order valence-corrected chi connectivity index (χ2v) is 5.66. The zero-order valence-electron chi connectivity index (χ0n) is 15.3. The lowest BCUT2D eigenvalue weighted by Crippen LogP contribution is -2.15. The first-order valence-electron chi connectivity index (χ1n) is 8.34. The number of carbonyl (C=O) groups is 2. The number of methoxy groups -OCH3 is 2. The highest BCUT2D eigenvalue weighted by molar-refractivity contribution is 6.03. The van der Waals surface area contributed by atoms with Crippen molar-refractivity contribution in [2.75, 3.05) is 24.9 Å². The summed E-state index contributed by atoms with van der Waals surface area (Å²) in [6, 6.07) is 17.0. The minimum atomic E-state index is -0.432. The molecule has 8 heteroatoms. The molecule has 1 amide bonds. The van der Waals surface area contributed by atoms with Crippen LogP contribution in [0.4, 0.5) is 17.2 Å². The number of benzene rings is 2. The largest absolute Gasteiger partial charge is 0.495 e. The van der Waals surface area contributed by atoms with Gasteiger partial charge in [-0.2, -0.15) is 0 Å². The fraction of sp³-hybridized carbons (Fsp3) is 0.100. The van der Waals surface area contributed by atoms with Crippen LogP contribution in [0.2, 0.25) is 0 Å². The maximum atomic E-state index is 12.4. The SMILES string of the molecule is COC(=O)c1cccc(Nc2ccc(C(=O)Nc3ccccc3OC)nn2)c1. The summed E-state index contributed by atoms with van der Waals surface area (Å²) in [5.41, 5.74) is 1.75. The molecule has 1 aromatic heterocycles. The summed E-state index contributed by atoms with van der Waals surface area (Å²) in [5, 5.41) is 13.7. The van der Waals surface area contributed by atoms with Crippen LogP contribution in [0.1, 0.15) is 20.8 Å². The number of nitrogens with zero attached hydrogens (tertiary/aromatic N) is 2. The molecule has 0 aliphatic heterocycles. The van der Waals surface area contributed by atoms with Gasteiger partial charge in [-0.25, -0.2) is 4.79 Å². The van der Waals surface area contributed by atoms with Crippen LogP contribution in [0.15, 0.2) is 60.7 Å². The van der Waals surface area contributed by atoms with E-state index in [9.17, 15) is 9.59 Å². The average Bonchev–Trinajstić information content (AvgIpc) is 2.74. The van der Waals surface area contributed by atoms with E-state index in [1.54, 1.807) is 54.6 Å². The minimum absolute atomic E-state index is 0.153. The van der Waals surface area contributed by atoms with Crippen LogP contribution in [-0.2, 0) is 4.74 Å². The first-order chi connectivity index (χ1) is 13.6. The van der Waals surface area contributed by atoms with E-state index in [-0.39, 0.29) is 5.69 Å². The van der Waals surface area contributed by atoms with Crippen LogP contribution in [0, 0.1) is 0 Å². The van der Waals surface area contributed by atoms with E-state index in [4.69, 9.17) is 9.47 Å². The monoisotopic (exact) mass is 378 g/mol. The molecule has 0 saturated heterocycles. The van der Waals surface area contributed by atoms with Gasteiger partial charge in [0.15, 0.2) is 11.5 Å². The van der Waals surface area contributed by atoms with Crippen molar-refractivity contribution in [1.82, 2.24) is 10.2 Å². The van der Waals surface area contributed by atoms with Crippen LogP contribution < -0.4 is 15.4 Å². The number of ether oxygens (including phenoxy) is 2. The molecule has 0 bridgehead atoms. The van der Waals surface area contributed by atoms with Crippen molar-refractivity contribution >= 4 is 29.1 Å². The van der Waals surface area contributed by atoms with Gasteiger partial charge in [-0.15, -0.1) is 10.2 Å². The fourth-order valence-corrected chi connectivity index (χ4v) is 2.44. The molecule has 0 spiro atoms. The number of amides is 1. The Labute approximate surface area is 161 Å². The number of anilines is 3. The molecule has 0 saturated carbocycles. The van der Waals surface area contributed by atoms with E-state index in [1.165, 1.54) is 14.2 Å². The fourth-order valence-electron chi connectivity index (χ4n) is 2.44. The van der Waals surface area contributed by atoms with E-state index in [0.717, 1.165) is 0 Å². The molecule has 0 atom stereocenters. The van der Waals surface area contributed by atoms with Crippen molar-refractivity contribution in [2.24, 2.45) is 0 Å². The second-order valence-electron chi connectivity index (χ2n) is 5.66. The van der Waals surface area contributed by atoms with Crippen molar-refractivity contribution in [3.8, 4) is 5.75 Å². The highest BCUT2D eigenvalue weighted by Crippen LogP contribution is 2.23. The van der Waals surface area contributed by atoms with E-state index >= 15 is 0 Å². The molecular formula is C20H18N4O4. The highest BCUT2D eigenvalue weighted by Gasteiger charge is 2.12. The first-order valence-corrected chi connectivity index (χ1v) is 8.34. The highest BCUT2D eigenvalue weighted by atomic mass is 16.5. The van der Waals surface area contributed by atoms with Gasteiger partial charge in [0.05, 0.1) is 25.5 Å². The van der Waals surface area contributed by atoms with Gasteiger partial charge in [0.25, 0.3) is 5.91 Å². The van der Waals surface area contributed by atoms with E-state index in [0.29, 0.717) is 28.5 Å². The lowest BCUT2D eigenvalue weighted by Gasteiger charge is -2.10. The predicted octanol–water partition coefficient (Wildman–Crippen LogP) is 3.27. The van der Waals surface area contributed by atoms with Crippen molar-refractivity contribution in [3.05, 3.63) is 71.9 Å². The maximum Gasteiger partial charge on any atom is 0.337 e. The van der Waals surface area contributed by atoms with Crippen LogP contribution in [0.5, 0.6) is 5.75 Å². The maximum absolute atomic E-state index is 12.4. The lowest BCUT2D eigenvalue weighted by atomic mass is 10.2. The molecule has 0 fully saturated rings. The second kappa shape index (κ2) is 8.63. The van der Waals surface area contributed by atoms with Crippen molar-refractivity contribution in [1.29, 1.82) is 0 Å². The Hall–Kier alpha value is -3.94. The number of para-hydroxylation sites is 2. The van der Waals surface area contributed by atoms with Crippen LogP contribution in [0.3, 0.4) is 0 Å². The number of esters is 1. The number of nitrogens with one attached hydrogen (secondary N) is 2. The Morgan fingerprint density at radius 3 is 2.46 bits per heavy atom. The summed E-state index contributed by atoms with van der Waals surface area (Å²) in [6.45, 7) is 0. The van der Waals surface area contributed by atoms with E-state index in [1.807, 2.05) is 6.07 Å². The lowest BCUT2D eigenvalue weighted by molar-refractivity contribution is 0.0600. The molecule has 2 aromatic carbocycles. The number of hydrogen-bond donors (Lipinski definition) is 2. The van der Waals surface area contributed by atoms with Crippen molar-refractivity contribution in [3.63, 3.8) is 0 Å². The average molecular weight is 378 g/mol. The molecular weight excluding hydrogens is 360 g/mol. The molecule has 3 rings (SSSR count). The van der Waals surface area contributed by atoms with Gasteiger partial charge < -0.3 is 20.1 Å². The van der Waals surface area contributed by atoms with Crippen LogP contribution in [0.25, 0.3) is 0 Å². The summed E-state index contributed by atoms with van der Waals surface area (Å²) in [6.07, 6.45) is 0. The molecule has 0 aliphatic rings. The number of aromatic nitrogens is 2. The van der Waals surface area contributed by atoms with Crippen LogP contribution in [-0.4, -0.2) is 36.3 Å². The van der Waals surface area contributed by atoms with Crippen LogP contribution >= 0.6 is 0 Å². The minimum Gasteiger partial charge on any atom is -0.495 e. The Morgan fingerprint density at radius 1 is 0.929 bits per heavy atom. The summed E-state index contributed by atoms with van der Waals surface area (Å²) in [5.74, 6) is 0.137. The number of rotatable bonds is 6. The topological polar surface area (TPSA) is 102 Å². The smallest absolute Gasteiger partial charge is 0.337 e. The van der Waals surface area contributed by atoms with Gasteiger partial charge in [0.1, 0.15) is 5.75 Å².